The van der Waals surface area contributed by atoms with Crippen molar-refractivity contribution >= 4 is 16.9 Å². The highest BCUT2D eigenvalue weighted by molar-refractivity contribution is 8.14. The van der Waals surface area contributed by atoms with Crippen molar-refractivity contribution in [2.75, 3.05) is 13.1 Å². The van der Waals surface area contributed by atoms with Crippen molar-refractivity contribution in [1.29, 1.82) is 0 Å². The average molecular weight is 248 g/mol. The Bertz CT molecular complexity index is 421. The summed E-state index contributed by atoms with van der Waals surface area (Å²) < 4.78 is 0. The number of aliphatic hydroxyl groups excluding tert-OH is 1. The zero-order valence-electron chi connectivity index (χ0n) is 9.62. The van der Waals surface area contributed by atoms with Crippen molar-refractivity contribution < 1.29 is 5.11 Å². The fourth-order valence-electron chi connectivity index (χ4n) is 2.35. The molecule has 1 saturated heterocycles. The number of hydrogen-bond acceptors (Lipinski definition) is 4. The minimum atomic E-state index is -0.343. The number of fused-ring (bicyclic) bond motifs is 1. The van der Waals surface area contributed by atoms with Crippen LogP contribution in [0.25, 0.3) is 0 Å². The molecule has 1 aromatic rings. The molecule has 0 bridgehead atoms. The minimum absolute atomic E-state index is 0.272. The van der Waals surface area contributed by atoms with Crippen molar-refractivity contribution in [3.63, 3.8) is 0 Å². The van der Waals surface area contributed by atoms with E-state index in [0.29, 0.717) is 0 Å². The molecule has 90 valence electrons. The molecule has 4 heteroatoms. The quantitative estimate of drug-likeness (QED) is 0.885. The summed E-state index contributed by atoms with van der Waals surface area (Å²) >= 11 is 1.73. The second kappa shape index (κ2) is 4.70. The molecule has 0 saturated carbocycles. The molecule has 2 atom stereocenters. The van der Waals surface area contributed by atoms with Gasteiger partial charge in [-0.05, 0) is 18.4 Å². The molecule has 2 heterocycles. The Morgan fingerprint density at radius 1 is 1.35 bits per heavy atom. The number of aryl methyl sites for hydroxylation is 1. The molecule has 3 nitrogen and oxygen atoms in total. The van der Waals surface area contributed by atoms with Gasteiger partial charge in [-0.3, -0.25) is 4.99 Å². The van der Waals surface area contributed by atoms with E-state index < -0.39 is 0 Å². The van der Waals surface area contributed by atoms with E-state index in [9.17, 15) is 5.11 Å². The van der Waals surface area contributed by atoms with E-state index in [4.69, 9.17) is 0 Å². The third-order valence-electron chi connectivity index (χ3n) is 3.30. The molecule has 1 aromatic carbocycles. The number of hydrogen-bond donors (Lipinski definition) is 1. The van der Waals surface area contributed by atoms with Crippen LogP contribution in [0.3, 0.4) is 0 Å². The van der Waals surface area contributed by atoms with Crippen molar-refractivity contribution in [2.45, 2.75) is 24.3 Å². The van der Waals surface area contributed by atoms with Gasteiger partial charge in [0.05, 0.1) is 11.8 Å². The third-order valence-corrected chi connectivity index (χ3v) is 4.66. The molecular weight excluding hydrogens is 232 g/mol. The van der Waals surface area contributed by atoms with Crippen molar-refractivity contribution in [3.05, 3.63) is 35.9 Å². The third kappa shape index (κ3) is 2.19. The first kappa shape index (κ1) is 11.1. The first-order chi connectivity index (χ1) is 8.34. The topological polar surface area (TPSA) is 35.8 Å². The lowest BCUT2D eigenvalue weighted by Gasteiger charge is -2.19. The number of aliphatic hydroxyl groups is 1. The maximum absolute atomic E-state index is 10.2. The fourth-order valence-corrected chi connectivity index (χ4v) is 3.62. The normalized spacial score (nSPS) is 27.1. The second-order valence-corrected chi connectivity index (χ2v) is 5.66. The van der Waals surface area contributed by atoms with Crippen LogP contribution in [0, 0.1) is 0 Å². The monoisotopic (exact) mass is 248 g/mol. The van der Waals surface area contributed by atoms with E-state index in [-0.39, 0.29) is 11.5 Å². The minimum Gasteiger partial charge on any atom is -0.372 e. The summed E-state index contributed by atoms with van der Waals surface area (Å²) in [6, 6.07) is 10.5. The van der Waals surface area contributed by atoms with Crippen LogP contribution >= 0.6 is 11.8 Å². The van der Waals surface area contributed by atoms with Gasteiger partial charge in [-0.2, -0.15) is 0 Å². The van der Waals surface area contributed by atoms with Gasteiger partial charge in [0.25, 0.3) is 0 Å². The van der Waals surface area contributed by atoms with Gasteiger partial charge in [-0.1, -0.05) is 42.1 Å². The first-order valence-electron chi connectivity index (χ1n) is 6.04. The second-order valence-electron chi connectivity index (χ2n) is 4.45. The summed E-state index contributed by atoms with van der Waals surface area (Å²) in [6.45, 7) is 1.72. The van der Waals surface area contributed by atoms with Crippen LogP contribution in [-0.4, -0.2) is 39.7 Å². The molecule has 2 aliphatic rings. The van der Waals surface area contributed by atoms with Crippen LogP contribution in [0.1, 0.15) is 12.0 Å². The highest BCUT2D eigenvalue weighted by atomic mass is 32.2. The highest BCUT2D eigenvalue weighted by Gasteiger charge is 2.39. The van der Waals surface area contributed by atoms with E-state index in [1.54, 1.807) is 11.8 Å². The Morgan fingerprint density at radius 2 is 2.18 bits per heavy atom. The predicted molar refractivity (Wildman–Crippen MR) is 71.2 cm³/mol. The number of benzene rings is 1. The van der Waals surface area contributed by atoms with E-state index >= 15 is 0 Å². The van der Waals surface area contributed by atoms with Gasteiger partial charge >= 0.3 is 0 Å². The van der Waals surface area contributed by atoms with Gasteiger partial charge in [0.15, 0.2) is 5.17 Å². The summed E-state index contributed by atoms with van der Waals surface area (Å²) in [5.41, 5.74) is 1.34. The molecule has 0 aliphatic carbocycles. The molecule has 1 N–H and O–H groups in total. The van der Waals surface area contributed by atoms with Crippen LogP contribution in [0.2, 0.25) is 0 Å². The van der Waals surface area contributed by atoms with E-state index in [2.05, 4.69) is 29.3 Å². The van der Waals surface area contributed by atoms with E-state index in [0.717, 1.165) is 31.1 Å². The summed E-state index contributed by atoms with van der Waals surface area (Å²) in [6.07, 6.45) is 1.69. The van der Waals surface area contributed by atoms with Gasteiger partial charge < -0.3 is 10.0 Å². The Hall–Kier alpha value is -1.00. The van der Waals surface area contributed by atoms with Gasteiger partial charge in [0, 0.05) is 6.54 Å². The molecular formula is C13H16N2OS. The molecule has 2 aliphatic heterocycles. The van der Waals surface area contributed by atoms with Crippen LogP contribution in [-0.2, 0) is 6.42 Å². The number of aliphatic imine (C=N–C) groups is 1. The molecule has 0 spiro atoms. The Balaban J connectivity index is 1.60. The zero-order valence-corrected chi connectivity index (χ0v) is 10.4. The zero-order chi connectivity index (χ0) is 11.7. The van der Waals surface area contributed by atoms with Crippen molar-refractivity contribution in [1.82, 2.24) is 4.90 Å². The maximum Gasteiger partial charge on any atom is 0.161 e. The summed E-state index contributed by atoms with van der Waals surface area (Å²) in [4.78, 5) is 6.43. The Labute approximate surface area is 106 Å². The Morgan fingerprint density at radius 3 is 2.94 bits per heavy atom. The molecule has 0 radical (unpaired) electrons. The molecule has 0 aromatic heterocycles. The van der Waals surface area contributed by atoms with Crippen molar-refractivity contribution in [2.24, 2.45) is 4.99 Å². The van der Waals surface area contributed by atoms with Crippen LogP contribution in [0.15, 0.2) is 35.3 Å². The lowest BCUT2D eigenvalue weighted by molar-refractivity contribution is 0.0646. The smallest absolute Gasteiger partial charge is 0.161 e. The van der Waals surface area contributed by atoms with E-state index in [1.165, 1.54) is 5.56 Å². The number of thioether (sulfide) groups is 1. The number of nitrogens with zero attached hydrogens (tertiary/aromatic N) is 2. The molecule has 0 amide bonds. The summed E-state index contributed by atoms with van der Waals surface area (Å²) in [7, 11) is 0. The fraction of sp³-hybridized carbons (Fsp3) is 0.462. The van der Waals surface area contributed by atoms with Crippen LogP contribution in [0.4, 0.5) is 0 Å². The standard InChI is InChI=1S/C13H16N2OS/c16-12-11(17-13-14-8-9-15(12)13)7-6-10-4-2-1-3-5-10/h1-5,11-12,16H,6-9H2. The largest absolute Gasteiger partial charge is 0.372 e. The predicted octanol–water partition coefficient (Wildman–Crippen LogP) is 1.72. The summed E-state index contributed by atoms with van der Waals surface area (Å²) in [5, 5.41) is 11.5. The van der Waals surface area contributed by atoms with Gasteiger partial charge in [-0.25, -0.2) is 0 Å². The first-order valence-corrected chi connectivity index (χ1v) is 6.92. The number of rotatable bonds is 3. The van der Waals surface area contributed by atoms with Gasteiger partial charge in [0.1, 0.15) is 6.23 Å². The molecule has 1 fully saturated rings. The summed E-state index contributed by atoms with van der Waals surface area (Å²) in [5.74, 6) is 0. The molecule has 3 rings (SSSR count). The van der Waals surface area contributed by atoms with Crippen LogP contribution in [0.5, 0.6) is 0 Å². The Kier molecular flexibility index (Phi) is 3.07. The SMILES string of the molecule is OC1C(CCc2ccccc2)SC2=NCCN21. The van der Waals surface area contributed by atoms with Crippen LogP contribution < -0.4 is 0 Å². The lowest BCUT2D eigenvalue weighted by Crippen LogP contribution is -2.35. The maximum atomic E-state index is 10.2. The molecule has 17 heavy (non-hydrogen) atoms. The van der Waals surface area contributed by atoms with Gasteiger partial charge in [-0.15, -0.1) is 0 Å². The van der Waals surface area contributed by atoms with E-state index in [1.807, 2.05) is 11.0 Å². The number of amidine groups is 1. The lowest BCUT2D eigenvalue weighted by atomic mass is 10.1. The average Bonchev–Trinajstić information content (AvgIpc) is 2.92. The highest BCUT2D eigenvalue weighted by Crippen LogP contribution is 2.35. The molecule has 2 unspecified atom stereocenters. The van der Waals surface area contributed by atoms with Gasteiger partial charge in [0.2, 0.25) is 0 Å². The van der Waals surface area contributed by atoms with Crippen molar-refractivity contribution in [3.8, 4) is 0 Å².